The molecule has 0 atom stereocenters. The highest BCUT2D eigenvalue weighted by Gasteiger charge is 2.03. The first-order chi connectivity index (χ1) is 9.67. The summed E-state index contributed by atoms with van der Waals surface area (Å²) in [5.41, 5.74) is 3.80. The van der Waals surface area contributed by atoms with Gasteiger partial charge in [-0.3, -0.25) is 0 Å². The number of amides is 2. The Balaban J connectivity index is 1.99. The summed E-state index contributed by atoms with van der Waals surface area (Å²) in [7, 11) is 1.89. The van der Waals surface area contributed by atoms with Crippen molar-refractivity contribution in [3.63, 3.8) is 0 Å². The van der Waals surface area contributed by atoms with Gasteiger partial charge in [-0.1, -0.05) is 24.3 Å². The van der Waals surface area contributed by atoms with E-state index in [-0.39, 0.29) is 6.03 Å². The van der Waals surface area contributed by atoms with Gasteiger partial charge >= 0.3 is 6.03 Å². The molecule has 4 heteroatoms. The molecular weight excluding hydrogens is 250 g/mol. The minimum absolute atomic E-state index is 0.239. The zero-order chi connectivity index (χ0) is 14.4. The number of carbonyl (C=O) groups is 1. The van der Waals surface area contributed by atoms with Crippen LogP contribution >= 0.6 is 0 Å². The Hall–Kier alpha value is -2.33. The molecule has 0 spiro atoms. The number of benzene rings is 2. The molecule has 0 bridgehead atoms. The standard InChI is InChI=1S/C16H19N3O/c1-12-5-3-7-14(9-12)18-16(20)19-15-8-4-6-13(10-15)11-17-2/h3-10,17H,11H2,1-2H3,(H2,18,19,20). The van der Waals surface area contributed by atoms with Gasteiger partial charge in [-0.2, -0.15) is 0 Å². The summed E-state index contributed by atoms with van der Waals surface area (Å²) in [6, 6.07) is 15.2. The molecule has 0 aliphatic carbocycles. The minimum atomic E-state index is -0.239. The van der Waals surface area contributed by atoms with Gasteiger partial charge in [0.15, 0.2) is 0 Å². The summed E-state index contributed by atoms with van der Waals surface area (Å²) in [6.07, 6.45) is 0. The fourth-order valence-corrected chi connectivity index (χ4v) is 1.98. The van der Waals surface area contributed by atoms with E-state index in [2.05, 4.69) is 16.0 Å². The van der Waals surface area contributed by atoms with E-state index in [1.807, 2.05) is 62.5 Å². The number of hydrogen-bond donors (Lipinski definition) is 3. The van der Waals surface area contributed by atoms with Crippen molar-refractivity contribution < 1.29 is 4.79 Å². The lowest BCUT2D eigenvalue weighted by Crippen LogP contribution is -2.19. The maximum Gasteiger partial charge on any atom is 0.323 e. The van der Waals surface area contributed by atoms with Crippen molar-refractivity contribution in [3.05, 3.63) is 59.7 Å². The van der Waals surface area contributed by atoms with Gasteiger partial charge in [-0.15, -0.1) is 0 Å². The summed E-state index contributed by atoms with van der Waals surface area (Å²) in [5, 5.41) is 8.73. The second-order valence-electron chi connectivity index (χ2n) is 4.68. The number of rotatable bonds is 4. The van der Waals surface area contributed by atoms with Gasteiger partial charge in [0.25, 0.3) is 0 Å². The molecule has 104 valence electrons. The van der Waals surface area contributed by atoms with E-state index < -0.39 is 0 Å². The molecule has 2 rings (SSSR count). The molecule has 2 aromatic rings. The topological polar surface area (TPSA) is 53.2 Å². The van der Waals surface area contributed by atoms with Crippen LogP contribution in [0.1, 0.15) is 11.1 Å². The molecule has 0 unspecified atom stereocenters. The van der Waals surface area contributed by atoms with Gasteiger partial charge in [0, 0.05) is 17.9 Å². The van der Waals surface area contributed by atoms with E-state index in [9.17, 15) is 4.79 Å². The molecule has 0 saturated carbocycles. The van der Waals surface area contributed by atoms with E-state index in [0.717, 1.165) is 29.0 Å². The summed E-state index contributed by atoms with van der Waals surface area (Å²) >= 11 is 0. The van der Waals surface area contributed by atoms with Crippen molar-refractivity contribution in [3.8, 4) is 0 Å². The normalized spacial score (nSPS) is 10.1. The first-order valence-corrected chi connectivity index (χ1v) is 6.55. The Morgan fingerprint density at radius 1 is 1.00 bits per heavy atom. The third-order valence-corrected chi connectivity index (χ3v) is 2.84. The van der Waals surface area contributed by atoms with Gasteiger partial charge in [0.2, 0.25) is 0 Å². The average molecular weight is 269 g/mol. The molecule has 0 aromatic heterocycles. The maximum absolute atomic E-state index is 11.9. The molecule has 3 N–H and O–H groups in total. The van der Waals surface area contributed by atoms with Crippen LogP contribution in [0.5, 0.6) is 0 Å². The highest BCUT2D eigenvalue weighted by atomic mass is 16.2. The van der Waals surface area contributed by atoms with E-state index in [4.69, 9.17) is 0 Å². The van der Waals surface area contributed by atoms with Crippen LogP contribution in [-0.2, 0) is 6.54 Å². The van der Waals surface area contributed by atoms with E-state index >= 15 is 0 Å². The van der Waals surface area contributed by atoms with Crippen LogP contribution in [0.3, 0.4) is 0 Å². The van der Waals surface area contributed by atoms with Crippen molar-refractivity contribution in [2.24, 2.45) is 0 Å². The molecule has 20 heavy (non-hydrogen) atoms. The van der Waals surface area contributed by atoms with Crippen LogP contribution in [-0.4, -0.2) is 13.1 Å². The molecule has 0 heterocycles. The van der Waals surface area contributed by atoms with Crippen LogP contribution in [0.2, 0.25) is 0 Å². The smallest absolute Gasteiger partial charge is 0.316 e. The molecular formula is C16H19N3O. The largest absolute Gasteiger partial charge is 0.323 e. The molecule has 2 aromatic carbocycles. The van der Waals surface area contributed by atoms with Gasteiger partial charge < -0.3 is 16.0 Å². The fraction of sp³-hybridized carbons (Fsp3) is 0.188. The number of hydrogen-bond acceptors (Lipinski definition) is 2. The van der Waals surface area contributed by atoms with Crippen LogP contribution in [0.4, 0.5) is 16.2 Å². The first kappa shape index (κ1) is 14.1. The third kappa shape index (κ3) is 4.10. The Kier molecular flexibility index (Phi) is 4.74. The second kappa shape index (κ2) is 6.73. The number of anilines is 2. The predicted molar refractivity (Wildman–Crippen MR) is 83.0 cm³/mol. The van der Waals surface area contributed by atoms with Crippen LogP contribution in [0.25, 0.3) is 0 Å². The molecule has 0 fully saturated rings. The lowest BCUT2D eigenvalue weighted by atomic mass is 10.2. The second-order valence-corrected chi connectivity index (χ2v) is 4.68. The van der Waals surface area contributed by atoms with Gasteiger partial charge in [0.1, 0.15) is 0 Å². The lowest BCUT2D eigenvalue weighted by Gasteiger charge is -2.09. The molecule has 0 radical (unpaired) electrons. The number of aryl methyl sites for hydroxylation is 1. The van der Waals surface area contributed by atoms with Crippen LogP contribution in [0, 0.1) is 6.92 Å². The summed E-state index contributed by atoms with van der Waals surface area (Å²) in [5.74, 6) is 0. The number of urea groups is 1. The molecule has 4 nitrogen and oxygen atoms in total. The van der Waals surface area contributed by atoms with Crippen LogP contribution < -0.4 is 16.0 Å². The molecule has 0 aliphatic rings. The Morgan fingerprint density at radius 2 is 1.65 bits per heavy atom. The Morgan fingerprint density at radius 3 is 2.30 bits per heavy atom. The fourth-order valence-electron chi connectivity index (χ4n) is 1.98. The zero-order valence-electron chi connectivity index (χ0n) is 11.7. The first-order valence-electron chi connectivity index (χ1n) is 6.55. The summed E-state index contributed by atoms with van der Waals surface area (Å²) in [6.45, 7) is 2.76. The van der Waals surface area contributed by atoms with Gasteiger partial charge in [0.05, 0.1) is 0 Å². The van der Waals surface area contributed by atoms with Gasteiger partial charge in [-0.05, 0) is 49.4 Å². The summed E-state index contributed by atoms with van der Waals surface area (Å²) in [4.78, 5) is 11.9. The number of nitrogens with one attached hydrogen (secondary N) is 3. The summed E-state index contributed by atoms with van der Waals surface area (Å²) < 4.78 is 0. The Labute approximate surface area is 119 Å². The quantitative estimate of drug-likeness (QED) is 0.797. The van der Waals surface area contributed by atoms with Crippen molar-refractivity contribution in [2.45, 2.75) is 13.5 Å². The van der Waals surface area contributed by atoms with E-state index in [0.29, 0.717) is 0 Å². The minimum Gasteiger partial charge on any atom is -0.316 e. The predicted octanol–water partition coefficient (Wildman–Crippen LogP) is 3.36. The highest BCUT2D eigenvalue weighted by molar-refractivity contribution is 5.99. The van der Waals surface area contributed by atoms with Crippen molar-refractivity contribution in [2.75, 3.05) is 17.7 Å². The highest BCUT2D eigenvalue weighted by Crippen LogP contribution is 2.13. The monoisotopic (exact) mass is 269 g/mol. The van der Waals surface area contributed by atoms with E-state index in [1.54, 1.807) is 0 Å². The number of carbonyl (C=O) groups excluding carboxylic acids is 1. The van der Waals surface area contributed by atoms with Gasteiger partial charge in [-0.25, -0.2) is 4.79 Å². The SMILES string of the molecule is CNCc1cccc(NC(=O)Nc2cccc(C)c2)c1. The van der Waals surface area contributed by atoms with Crippen LogP contribution in [0.15, 0.2) is 48.5 Å². The van der Waals surface area contributed by atoms with E-state index in [1.165, 1.54) is 0 Å². The third-order valence-electron chi connectivity index (χ3n) is 2.84. The molecule has 2 amide bonds. The molecule has 0 aliphatic heterocycles. The van der Waals surface area contributed by atoms with Crippen molar-refractivity contribution >= 4 is 17.4 Å². The maximum atomic E-state index is 11.9. The van der Waals surface area contributed by atoms with Crippen molar-refractivity contribution in [1.82, 2.24) is 5.32 Å². The zero-order valence-corrected chi connectivity index (χ0v) is 11.7. The molecule has 0 saturated heterocycles. The average Bonchev–Trinajstić information content (AvgIpc) is 2.39. The lowest BCUT2D eigenvalue weighted by molar-refractivity contribution is 0.262. The van der Waals surface area contributed by atoms with Crippen molar-refractivity contribution in [1.29, 1.82) is 0 Å². The Bertz CT molecular complexity index is 596.